The van der Waals surface area contributed by atoms with E-state index in [0.29, 0.717) is 0 Å². The van der Waals surface area contributed by atoms with Crippen LogP contribution >= 0.6 is 0 Å². The van der Waals surface area contributed by atoms with Crippen molar-refractivity contribution in [1.29, 1.82) is 0 Å². The van der Waals surface area contributed by atoms with Crippen molar-refractivity contribution in [3.63, 3.8) is 0 Å². The van der Waals surface area contributed by atoms with Gasteiger partial charge in [0.15, 0.2) is 0 Å². The van der Waals surface area contributed by atoms with Gasteiger partial charge in [-0.3, -0.25) is 0 Å². The topological polar surface area (TPSA) is 73.3 Å². The zero-order chi connectivity index (χ0) is 9.40. The van der Waals surface area contributed by atoms with Crippen LogP contribution < -0.4 is 16.9 Å². The third-order valence-corrected chi connectivity index (χ3v) is 1.37. The van der Waals surface area contributed by atoms with E-state index in [2.05, 4.69) is 5.48 Å². The lowest BCUT2D eigenvalue weighted by Gasteiger charge is -2.05. The maximum absolute atomic E-state index is 5.67. The van der Waals surface area contributed by atoms with Crippen LogP contribution in [-0.2, 0) is 4.84 Å². The second-order valence-corrected chi connectivity index (χ2v) is 2.38. The minimum Gasteiger partial charge on any atom is -0.417 e. The van der Waals surface area contributed by atoms with E-state index < -0.39 is 0 Å². The molecule has 0 saturated carbocycles. The van der Waals surface area contributed by atoms with Gasteiger partial charge in [0, 0.05) is 12.6 Å². The van der Waals surface area contributed by atoms with Crippen LogP contribution in [0.1, 0.15) is 13.8 Å². The summed E-state index contributed by atoms with van der Waals surface area (Å²) < 4.78 is 0. The van der Waals surface area contributed by atoms with Crippen LogP contribution in [0.3, 0.4) is 0 Å². The highest BCUT2D eigenvalue weighted by molar-refractivity contribution is 5.12. The lowest BCUT2D eigenvalue weighted by molar-refractivity contribution is 0.139. The number of nitrogens with two attached hydrogens (primary N) is 2. The minimum atomic E-state index is -0.173. The Hall–Kier alpha value is -1.00. The number of rotatable bonds is 5. The van der Waals surface area contributed by atoms with Crippen molar-refractivity contribution < 1.29 is 4.84 Å². The zero-order valence-electron chi connectivity index (χ0n) is 7.58. The molecule has 0 bridgehead atoms. The summed E-state index contributed by atoms with van der Waals surface area (Å²) in [4.78, 5) is 4.87. The van der Waals surface area contributed by atoms with Gasteiger partial charge in [-0.2, -0.15) is 5.48 Å². The van der Waals surface area contributed by atoms with Gasteiger partial charge in [0.05, 0.1) is 0 Å². The summed E-state index contributed by atoms with van der Waals surface area (Å²) in [6.45, 7) is 4.56. The molecular formula is C8H17N3O. The second kappa shape index (κ2) is 6.69. The summed E-state index contributed by atoms with van der Waals surface area (Å²) in [6, 6.07) is -0.173. The maximum atomic E-state index is 5.67. The highest BCUT2D eigenvalue weighted by Gasteiger charge is 1.97. The molecule has 1 unspecified atom stereocenters. The molecule has 5 N–H and O–H groups in total. The van der Waals surface area contributed by atoms with Crippen LogP contribution in [0.5, 0.6) is 0 Å². The molecule has 4 heteroatoms. The SMILES string of the molecule is CCNO/C=C/C(N)/C(C)=C/N. The smallest absolute Gasteiger partial charge is 0.109 e. The molecule has 0 amide bonds. The normalized spacial score (nSPS) is 15.1. The summed E-state index contributed by atoms with van der Waals surface area (Å²) in [7, 11) is 0. The largest absolute Gasteiger partial charge is 0.417 e. The van der Waals surface area contributed by atoms with Crippen LogP contribution in [0.15, 0.2) is 24.1 Å². The highest BCUT2D eigenvalue weighted by atomic mass is 16.6. The summed E-state index contributed by atoms with van der Waals surface area (Å²) in [5.41, 5.74) is 14.5. The van der Waals surface area contributed by atoms with Crippen LogP contribution in [0.4, 0.5) is 0 Å². The molecule has 0 heterocycles. The Bertz CT molecular complexity index is 166. The second-order valence-electron chi connectivity index (χ2n) is 2.38. The van der Waals surface area contributed by atoms with Gasteiger partial charge in [0.1, 0.15) is 6.26 Å². The Balaban J connectivity index is 3.67. The molecule has 0 saturated heterocycles. The van der Waals surface area contributed by atoms with Gasteiger partial charge in [-0.1, -0.05) is 0 Å². The predicted molar refractivity (Wildman–Crippen MR) is 49.8 cm³/mol. The van der Waals surface area contributed by atoms with Gasteiger partial charge in [-0.25, -0.2) is 0 Å². The first-order chi connectivity index (χ1) is 5.72. The van der Waals surface area contributed by atoms with Crippen molar-refractivity contribution in [2.75, 3.05) is 6.54 Å². The first-order valence-corrected chi connectivity index (χ1v) is 3.91. The summed E-state index contributed by atoms with van der Waals surface area (Å²) in [6.07, 6.45) is 4.73. The number of hydroxylamine groups is 1. The number of hydrogen-bond donors (Lipinski definition) is 3. The van der Waals surface area contributed by atoms with Crippen LogP contribution in [0, 0.1) is 0 Å². The van der Waals surface area contributed by atoms with Crippen molar-refractivity contribution in [2.45, 2.75) is 19.9 Å². The van der Waals surface area contributed by atoms with E-state index in [1.807, 2.05) is 13.8 Å². The lowest BCUT2D eigenvalue weighted by atomic mass is 10.1. The van der Waals surface area contributed by atoms with Crippen molar-refractivity contribution in [2.24, 2.45) is 11.5 Å². The van der Waals surface area contributed by atoms with E-state index in [4.69, 9.17) is 16.3 Å². The van der Waals surface area contributed by atoms with Crippen molar-refractivity contribution in [3.8, 4) is 0 Å². The van der Waals surface area contributed by atoms with Crippen LogP contribution in [0.25, 0.3) is 0 Å². The lowest BCUT2D eigenvalue weighted by Crippen LogP contribution is -2.19. The fourth-order valence-electron chi connectivity index (χ4n) is 0.518. The van der Waals surface area contributed by atoms with Crippen LogP contribution in [-0.4, -0.2) is 12.6 Å². The molecule has 0 aliphatic carbocycles. The average molecular weight is 171 g/mol. The van der Waals surface area contributed by atoms with Crippen molar-refractivity contribution >= 4 is 0 Å². The van der Waals surface area contributed by atoms with E-state index in [1.54, 1.807) is 6.08 Å². The Labute approximate surface area is 73.2 Å². The Morgan fingerprint density at radius 1 is 1.67 bits per heavy atom. The summed E-state index contributed by atoms with van der Waals surface area (Å²) >= 11 is 0. The van der Waals surface area contributed by atoms with E-state index in [9.17, 15) is 0 Å². The molecule has 0 aliphatic heterocycles. The third kappa shape index (κ3) is 4.76. The molecule has 0 aliphatic rings. The number of nitrogens with one attached hydrogen (secondary N) is 1. The van der Waals surface area contributed by atoms with Gasteiger partial charge in [0.25, 0.3) is 0 Å². The molecule has 4 nitrogen and oxygen atoms in total. The quantitative estimate of drug-likeness (QED) is 0.314. The van der Waals surface area contributed by atoms with E-state index in [0.717, 1.165) is 12.1 Å². The van der Waals surface area contributed by atoms with E-state index in [1.165, 1.54) is 12.5 Å². The molecule has 0 aromatic carbocycles. The molecule has 1 atom stereocenters. The highest BCUT2D eigenvalue weighted by Crippen LogP contribution is 1.96. The average Bonchev–Trinajstić information content (AvgIpc) is 2.10. The van der Waals surface area contributed by atoms with E-state index in [-0.39, 0.29) is 6.04 Å². The summed E-state index contributed by atoms with van der Waals surface area (Å²) in [5, 5.41) is 0. The third-order valence-electron chi connectivity index (χ3n) is 1.37. The summed E-state index contributed by atoms with van der Waals surface area (Å²) in [5.74, 6) is 0. The van der Waals surface area contributed by atoms with E-state index >= 15 is 0 Å². The van der Waals surface area contributed by atoms with Gasteiger partial charge in [-0.15, -0.1) is 0 Å². The zero-order valence-corrected chi connectivity index (χ0v) is 7.58. The maximum Gasteiger partial charge on any atom is 0.109 e. The molecule has 0 fully saturated rings. The van der Waals surface area contributed by atoms with Gasteiger partial charge >= 0.3 is 0 Å². The standard InChI is InChI=1S/C8H17N3O/c1-3-11-12-5-4-8(10)7(2)6-9/h4-6,8,11H,3,9-10H2,1-2H3/b5-4+,7-6+. The molecule has 70 valence electrons. The Kier molecular flexibility index (Phi) is 6.14. The minimum absolute atomic E-state index is 0.173. The van der Waals surface area contributed by atoms with Gasteiger partial charge in [-0.05, 0) is 31.7 Å². The predicted octanol–water partition coefficient (Wildman–Crippen LogP) is 0.231. The molecule has 0 rings (SSSR count). The van der Waals surface area contributed by atoms with Gasteiger partial charge < -0.3 is 16.3 Å². The molecular weight excluding hydrogens is 154 g/mol. The fraction of sp³-hybridized carbons (Fsp3) is 0.500. The fourth-order valence-corrected chi connectivity index (χ4v) is 0.518. The first kappa shape index (κ1) is 11.0. The monoisotopic (exact) mass is 171 g/mol. The van der Waals surface area contributed by atoms with Crippen molar-refractivity contribution in [1.82, 2.24) is 5.48 Å². The Morgan fingerprint density at radius 2 is 2.33 bits per heavy atom. The molecule has 12 heavy (non-hydrogen) atoms. The van der Waals surface area contributed by atoms with Crippen LogP contribution in [0.2, 0.25) is 0 Å². The molecule has 0 aromatic heterocycles. The van der Waals surface area contributed by atoms with Crippen molar-refractivity contribution in [3.05, 3.63) is 24.1 Å². The Morgan fingerprint density at radius 3 is 2.83 bits per heavy atom. The van der Waals surface area contributed by atoms with Gasteiger partial charge in [0.2, 0.25) is 0 Å². The molecule has 0 radical (unpaired) electrons. The molecule has 0 aromatic rings. The molecule has 0 spiro atoms. The number of hydrogen-bond acceptors (Lipinski definition) is 4. The first-order valence-electron chi connectivity index (χ1n) is 3.91.